The summed E-state index contributed by atoms with van der Waals surface area (Å²) in [4.78, 5) is 0. The van der Waals surface area contributed by atoms with Gasteiger partial charge in [0.2, 0.25) is 0 Å². The maximum atomic E-state index is 9.56. The second kappa shape index (κ2) is 4.97. The van der Waals surface area contributed by atoms with Crippen LogP contribution in [0.5, 0.6) is 0 Å². The molecular weight excluding hydrogens is 168 g/mol. The standard InChI is InChI=1S/C10H14O3/c11-6-5-10(13)9-4-2-1-3-8(9)7-12/h1-4,10-13H,5-7H2. The fourth-order valence-corrected chi connectivity index (χ4v) is 1.28. The zero-order valence-corrected chi connectivity index (χ0v) is 7.35. The predicted molar refractivity (Wildman–Crippen MR) is 49.0 cm³/mol. The van der Waals surface area contributed by atoms with Gasteiger partial charge in [0, 0.05) is 13.0 Å². The lowest BCUT2D eigenvalue weighted by Crippen LogP contribution is -2.03. The first-order chi connectivity index (χ1) is 6.29. The summed E-state index contributed by atoms with van der Waals surface area (Å²) >= 11 is 0. The molecule has 1 rings (SSSR count). The van der Waals surface area contributed by atoms with Crippen molar-refractivity contribution in [3.63, 3.8) is 0 Å². The lowest BCUT2D eigenvalue weighted by molar-refractivity contribution is 0.131. The minimum atomic E-state index is -0.687. The highest BCUT2D eigenvalue weighted by molar-refractivity contribution is 5.28. The van der Waals surface area contributed by atoms with E-state index in [4.69, 9.17) is 10.2 Å². The highest BCUT2D eigenvalue weighted by Crippen LogP contribution is 2.20. The van der Waals surface area contributed by atoms with Crippen molar-refractivity contribution in [2.24, 2.45) is 0 Å². The van der Waals surface area contributed by atoms with Crippen molar-refractivity contribution in [1.29, 1.82) is 0 Å². The maximum absolute atomic E-state index is 9.56. The zero-order chi connectivity index (χ0) is 9.68. The van der Waals surface area contributed by atoms with Gasteiger partial charge < -0.3 is 15.3 Å². The van der Waals surface area contributed by atoms with E-state index in [1.165, 1.54) is 0 Å². The fraction of sp³-hybridized carbons (Fsp3) is 0.400. The Balaban J connectivity index is 2.85. The minimum absolute atomic E-state index is 0.0546. The van der Waals surface area contributed by atoms with Crippen molar-refractivity contribution in [1.82, 2.24) is 0 Å². The molecule has 0 saturated carbocycles. The Morgan fingerprint density at radius 1 is 1.15 bits per heavy atom. The molecule has 0 aliphatic rings. The number of hydrogen-bond acceptors (Lipinski definition) is 3. The highest BCUT2D eigenvalue weighted by Gasteiger charge is 2.09. The van der Waals surface area contributed by atoms with Crippen molar-refractivity contribution in [2.75, 3.05) is 6.61 Å². The molecule has 1 unspecified atom stereocenters. The SMILES string of the molecule is OCCC(O)c1ccccc1CO. The summed E-state index contributed by atoms with van der Waals surface area (Å²) in [6, 6.07) is 7.12. The Hall–Kier alpha value is -0.900. The molecule has 0 fully saturated rings. The quantitative estimate of drug-likeness (QED) is 0.639. The van der Waals surface area contributed by atoms with Crippen molar-refractivity contribution in [3.8, 4) is 0 Å². The third kappa shape index (κ3) is 2.52. The Labute approximate surface area is 77.3 Å². The van der Waals surface area contributed by atoms with E-state index < -0.39 is 6.10 Å². The summed E-state index contributed by atoms with van der Waals surface area (Å²) in [6.45, 7) is -0.139. The molecule has 0 aliphatic carbocycles. The van der Waals surface area contributed by atoms with Crippen LogP contribution in [0, 0.1) is 0 Å². The predicted octanol–water partition coefficient (Wildman–Crippen LogP) is 0.595. The molecule has 72 valence electrons. The average Bonchev–Trinajstić information content (AvgIpc) is 2.18. The number of aliphatic hydroxyl groups is 3. The molecule has 0 spiro atoms. The molecule has 3 N–H and O–H groups in total. The first kappa shape index (κ1) is 10.2. The maximum Gasteiger partial charge on any atom is 0.0815 e. The average molecular weight is 182 g/mol. The molecule has 1 atom stereocenters. The van der Waals surface area contributed by atoms with Crippen LogP contribution >= 0.6 is 0 Å². The Bertz CT molecular complexity index is 260. The van der Waals surface area contributed by atoms with E-state index in [-0.39, 0.29) is 13.2 Å². The van der Waals surface area contributed by atoms with E-state index in [1.54, 1.807) is 24.3 Å². The molecule has 0 bridgehead atoms. The van der Waals surface area contributed by atoms with Gasteiger partial charge in [-0.15, -0.1) is 0 Å². The van der Waals surface area contributed by atoms with Crippen LogP contribution in [-0.2, 0) is 6.61 Å². The number of aliphatic hydroxyl groups excluding tert-OH is 3. The molecule has 0 aromatic heterocycles. The third-order valence-corrected chi connectivity index (χ3v) is 1.99. The van der Waals surface area contributed by atoms with Crippen LogP contribution in [0.4, 0.5) is 0 Å². The second-order valence-corrected chi connectivity index (χ2v) is 2.89. The van der Waals surface area contributed by atoms with Crippen LogP contribution in [0.2, 0.25) is 0 Å². The zero-order valence-electron chi connectivity index (χ0n) is 7.35. The van der Waals surface area contributed by atoms with Crippen LogP contribution in [-0.4, -0.2) is 21.9 Å². The summed E-state index contributed by atoms with van der Waals surface area (Å²) in [5.41, 5.74) is 1.41. The van der Waals surface area contributed by atoms with E-state index in [0.29, 0.717) is 17.5 Å². The lowest BCUT2D eigenvalue weighted by atomic mass is 10.0. The van der Waals surface area contributed by atoms with Gasteiger partial charge in [-0.1, -0.05) is 24.3 Å². The molecule has 1 aromatic rings. The van der Waals surface area contributed by atoms with Crippen molar-refractivity contribution in [2.45, 2.75) is 19.1 Å². The van der Waals surface area contributed by atoms with E-state index in [0.717, 1.165) is 0 Å². The molecule has 0 radical (unpaired) electrons. The lowest BCUT2D eigenvalue weighted by Gasteiger charge is -2.12. The van der Waals surface area contributed by atoms with Gasteiger partial charge in [-0.2, -0.15) is 0 Å². The molecule has 0 heterocycles. The van der Waals surface area contributed by atoms with Gasteiger partial charge in [-0.05, 0) is 11.1 Å². The topological polar surface area (TPSA) is 60.7 Å². The summed E-state index contributed by atoms with van der Waals surface area (Å²) in [5.74, 6) is 0. The highest BCUT2D eigenvalue weighted by atomic mass is 16.3. The van der Waals surface area contributed by atoms with Gasteiger partial charge in [0.25, 0.3) is 0 Å². The Morgan fingerprint density at radius 3 is 2.46 bits per heavy atom. The summed E-state index contributed by atoms with van der Waals surface area (Å²) in [5, 5.41) is 27.2. The molecule has 0 saturated heterocycles. The Morgan fingerprint density at radius 2 is 1.85 bits per heavy atom. The number of rotatable bonds is 4. The van der Waals surface area contributed by atoms with Gasteiger partial charge in [-0.25, -0.2) is 0 Å². The summed E-state index contributed by atoms with van der Waals surface area (Å²) in [6.07, 6.45) is -0.384. The largest absolute Gasteiger partial charge is 0.396 e. The number of benzene rings is 1. The van der Waals surface area contributed by atoms with Crippen LogP contribution in [0.3, 0.4) is 0 Å². The van der Waals surface area contributed by atoms with E-state index in [9.17, 15) is 5.11 Å². The first-order valence-corrected chi connectivity index (χ1v) is 4.27. The van der Waals surface area contributed by atoms with Crippen LogP contribution in [0.25, 0.3) is 0 Å². The summed E-state index contributed by atoms with van der Waals surface area (Å²) in [7, 11) is 0. The van der Waals surface area contributed by atoms with Gasteiger partial charge in [0.05, 0.1) is 12.7 Å². The molecule has 13 heavy (non-hydrogen) atoms. The molecule has 3 nitrogen and oxygen atoms in total. The normalized spacial score (nSPS) is 12.8. The van der Waals surface area contributed by atoms with E-state index >= 15 is 0 Å². The second-order valence-electron chi connectivity index (χ2n) is 2.89. The summed E-state index contributed by atoms with van der Waals surface area (Å²) < 4.78 is 0. The van der Waals surface area contributed by atoms with Gasteiger partial charge in [-0.3, -0.25) is 0 Å². The van der Waals surface area contributed by atoms with E-state index in [1.807, 2.05) is 0 Å². The van der Waals surface area contributed by atoms with Crippen LogP contribution < -0.4 is 0 Å². The van der Waals surface area contributed by atoms with Crippen LogP contribution in [0.15, 0.2) is 24.3 Å². The molecule has 1 aromatic carbocycles. The minimum Gasteiger partial charge on any atom is -0.396 e. The molecular formula is C10H14O3. The first-order valence-electron chi connectivity index (χ1n) is 4.27. The molecule has 0 aliphatic heterocycles. The van der Waals surface area contributed by atoms with Crippen molar-refractivity contribution in [3.05, 3.63) is 35.4 Å². The fourth-order valence-electron chi connectivity index (χ4n) is 1.28. The Kier molecular flexibility index (Phi) is 3.89. The molecule has 3 heteroatoms. The van der Waals surface area contributed by atoms with E-state index in [2.05, 4.69) is 0 Å². The van der Waals surface area contributed by atoms with Crippen molar-refractivity contribution >= 4 is 0 Å². The van der Waals surface area contributed by atoms with Gasteiger partial charge in [0.15, 0.2) is 0 Å². The van der Waals surface area contributed by atoms with Gasteiger partial charge in [0.1, 0.15) is 0 Å². The monoisotopic (exact) mass is 182 g/mol. The van der Waals surface area contributed by atoms with Crippen LogP contribution in [0.1, 0.15) is 23.7 Å². The smallest absolute Gasteiger partial charge is 0.0815 e. The van der Waals surface area contributed by atoms with Gasteiger partial charge >= 0.3 is 0 Å². The third-order valence-electron chi connectivity index (χ3n) is 1.99. The number of hydrogen-bond donors (Lipinski definition) is 3. The van der Waals surface area contributed by atoms with Crippen molar-refractivity contribution < 1.29 is 15.3 Å². The molecule has 0 amide bonds.